The smallest absolute Gasteiger partial charge is 0.277 e. The highest BCUT2D eigenvalue weighted by molar-refractivity contribution is 7.99. The average Bonchev–Trinajstić information content (AvgIpc) is 3.46. The molecule has 7 nitrogen and oxygen atoms in total. The largest absolute Gasteiger partial charge is 0.411 e. The number of carbonyl (C=O) groups excluding carboxylic acids is 1. The second kappa shape index (κ2) is 11.6. The quantitative estimate of drug-likeness (QED) is 0.292. The van der Waals surface area contributed by atoms with Crippen molar-refractivity contribution in [2.75, 3.05) is 42.1 Å². The maximum Gasteiger partial charge on any atom is 0.277 e. The van der Waals surface area contributed by atoms with Crippen LogP contribution in [0.4, 0.5) is 11.4 Å². The van der Waals surface area contributed by atoms with E-state index in [-0.39, 0.29) is 11.7 Å². The van der Waals surface area contributed by atoms with Gasteiger partial charge in [-0.2, -0.15) is 0 Å². The second-order valence-corrected chi connectivity index (χ2v) is 11.0. The van der Waals surface area contributed by atoms with Gasteiger partial charge in [-0.05, 0) is 41.8 Å². The van der Waals surface area contributed by atoms with Crippen molar-refractivity contribution in [3.8, 4) is 11.5 Å². The van der Waals surface area contributed by atoms with E-state index in [9.17, 15) is 4.79 Å². The van der Waals surface area contributed by atoms with Crippen molar-refractivity contribution >= 4 is 39.8 Å². The number of nitrogens with zero attached hydrogens (tertiary/aromatic N) is 4. The van der Waals surface area contributed by atoms with E-state index < -0.39 is 0 Å². The molecule has 8 heteroatoms. The van der Waals surface area contributed by atoms with Gasteiger partial charge >= 0.3 is 0 Å². The van der Waals surface area contributed by atoms with Gasteiger partial charge in [0.15, 0.2) is 0 Å². The lowest BCUT2D eigenvalue weighted by Gasteiger charge is -2.42. The Bertz CT molecular complexity index is 1390. The molecule has 1 N–H and O–H groups in total. The topological polar surface area (TPSA) is 74.5 Å². The molecule has 2 heterocycles. The summed E-state index contributed by atoms with van der Waals surface area (Å²) in [6.07, 6.45) is 6.80. The summed E-state index contributed by atoms with van der Waals surface area (Å²) in [6.45, 7) is 4.13. The van der Waals surface area contributed by atoms with Crippen molar-refractivity contribution < 1.29 is 9.21 Å². The molecular formula is C30H33N5O2S. The molecule has 1 amide bonds. The minimum Gasteiger partial charge on any atom is -0.411 e. The second-order valence-electron chi connectivity index (χ2n) is 10.1. The molecule has 1 saturated heterocycles. The van der Waals surface area contributed by atoms with Crippen molar-refractivity contribution in [2.24, 2.45) is 0 Å². The average molecular weight is 528 g/mol. The highest BCUT2D eigenvalue weighted by atomic mass is 32.2. The highest BCUT2D eigenvalue weighted by Crippen LogP contribution is 2.31. The first-order valence-corrected chi connectivity index (χ1v) is 14.6. The Balaban J connectivity index is 1.06. The Kier molecular flexibility index (Phi) is 7.60. The van der Waals surface area contributed by atoms with E-state index in [2.05, 4.69) is 43.5 Å². The van der Waals surface area contributed by atoms with Crippen molar-refractivity contribution in [2.45, 2.75) is 43.4 Å². The van der Waals surface area contributed by atoms with Crippen LogP contribution in [0.2, 0.25) is 0 Å². The molecule has 2 fully saturated rings. The van der Waals surface area contributed by atoms with Crippen molar-refractivity contribution in [1.82, 2.24) is 15.1 Å². The van der Waals surface area contributed by atoms with Crippen LogP contribution in [0.3, 0.4) is 0 Å². The highest BCUT2D eigenvalue weighted by Gasteiger charge is 2.26. The first-order valence-electron chi connectivity index (χ1n) is 13.6. The molecule has 1 aromatic heterocycles. The molecule has 0 spiro atoms. The van der Waals surface area contributed by atoms with Crippen molar-refractivity contribution in [3.63, 3.8) is 0 Å². The zero-order valence-electron chi connectivity index (χ0n) is 21.5. The Morgan fingerprint density at radius 2 is 1.66 bits per heavy atom. The molecule has 0 unspecified atom stereocenters. The van der Waals surface area contributed by atoms with Crippen LogP contribution < -0.4 is 10.2 Å². The lowest BCUT2D eigenvalue weighted by atomic mass is 9.94. The molecule has 1 aliphatic carbocycles. The van der Waals surface area contributed by atoms with Crippen LogP contribution in [0.5, 0.6) is 0 Å². The van der Waals surface area contributed by atoms with E-state index in [1.807, 2.05) is 48.5 Å². The van der Waals surface area contributed by atoms with E-state index >= 15 is 0 Å². The monoisotopic (exact) mass is 527 g/mol. The molecule has 1 aliphatic heterocycles. The van der Waals surface area contributed by atoms with E-state index in [1.54, 1.807) is 0 Å². The fourth-order valence-electron chi connectivity index (χ4n) is 5.73. The van der Waals surface area contributed by atoms with E-state index in [1.165, 1.54) is 43.9 Å². The number of carbonyl (C=O) groups is 1. The third-order valence-electron chi connectivity index (χ3n) is 7.68. The first kappa shape index (κ1) is 24.9. The van der Waals surface area contributed by atoms with Gasteiger partial charge in [-0.1, -0.05) is 79.6 Å². The minimum absolute atomic E-state index is 0.0896. The Morgan fingerprint density at radius 3 is 2.53 bits per heavy atom. The summed E-state index contributed by atoms with van der Waals surface area (Å²) >= 11 is 1.25. The van der Waals surface area contributed by atoms with Gasteiger partial charge in [0.1, 0.15) is 0 Å². The molecule has 1 saturated carbocycles. The Labute approximate surface area is 227 Å². The van der Waals surface area contributed by atoms with Crippen LogP contribution in [-0.4, -0.2) is 59.0 Å². The van der Waals surface area contributed by atoms with Gasteiger partial charge in [0, 0.05) is 37.8 Å². The predicted molar refractivity (Wildman–Crippen MR) is 154 cm³/mol. The molecule has 196 valence electrons. The number of piperazine rings is 1. The van der Waals surface area contributed by atoms with Crippen LogP contribution in [-0.2, 0) is 4.79 Å². The number of para-hydroxylation sites is 2. The SMILES string of the molecule is O=C(CSc1nnc(-c2cccc3ccccc23)o1)Nc1ccccc1N1CCN(C2CCCCC2)CC1. The molecule has 3 aromatic carbocycles. The van der Waals surface area contributed by atoms with Gasteiger partial charge < -0.3 is 14.6 Å². The first-order chi connectivity index (χ1) is 18.7. The normalized spacial score (nSPS) is 17.1. The van der Waals surface area contributed by atoms with Gasteiger partial charge in [-0.15, -0.1) is 10.2 Å². The number of hydrogen-bond acceptors (Lipinski definition) is 7. The summed E-state index contributed by atoms with van der Waals surface area (Å²) in [4.78, 5) is 18.0. The van der Waals surface area contributed by atoms with Crippen molar-refractivity contribution in [3.05, 3.63) is 66.7 Å². The molecular weight excluding hydrogens is 494 g/mol. The maximum absolute atomic E-state index is 12.9. The fourth-order valence-corrected chi connectivity index (χ4v) is 6.29. The van der Waals surface area contributed by atoms with Crippen LogP contribution in [0.25, 0.3) is 22.2 Å². The lowest BCUT2D eigenvalue weighted by Crippen LogP contribution is -2.51. The standard InChI is InChI=1S/C30H33N5O2S/c36-28(21-38-30-33-32-29(37-30)25-14-8-10-22-9-4-5-13-24(22)25)31-26-15-6-7-16-27(26)35-19-17-34(18-20-35)23-11-2-1-3-12-23/h4-10,13-16,23H,1-3,11-12,17-21H2,(H,31,36). The zero-order valence-corrected chi connectivity index (χ0v) is 22.3. The van der Waals surface area contributed by atoms with Crippen LogP contribution in [0.1, 0.15) is 32.1 Å². The lowest BCUT2D eigenvalue weighted by molar-refractivity contribution is -0.113. The summed E-state index contributed by atoms with van der Waals surface area (Å²) in [5, 5.41) is 14.1. The van der Waals surface area contributed by atoms with Crippen LogP contribution in [0.15, 0.2) is 76.4 Å². The van der Waals surface area contributed by atoms with Crippen molar-refractivity contribution in [1.29, 1.82) is 0 Å². The molecule has 6 rings (SSSR count). The third-order valence-corrected chi connectivity index (χ3v) is 8.50. The van der Waals surface area contributed by atoms with E-state index in [4.69, 9.17) is 4.42 Å². The predicted octanol–water partition coefficient (Wildman–Crippen LogP) is 6.08. The number of aromatic nitrogens is 2. The fraction of sp³-hybridized carbons (Fsp3) is 0.367. The number of hydrogen-bond donors (Lipinski definition) is 1. The number of amides is 1. The van der Waals surface area contributed by atoms with Gasteiger partial charge in [0.25, 0.3) is 5.22 Å². The number of anilines is 2. The minimum atomic E-state index is -0.0896. The van der Waals surface area contributed by atoms with Crippen LogP contribution in [0, 0.1) is 0 Å². The molecule has 2 aliphatic rings. The molecule has 0 radical (unpaired) electrons. The van der Waals surface area contributed by atoms with Gasteiger partial charge in [0.05, 0.1) is 17.1 Å². The molecule has 0 atom stereocenters. The van der Waals surface area contributed by atoms with Gasteiger partial charge in [-0.3, -0.25) is 9.69 Å². The number of benzene rings is 3. The number of rotatable bonds is 7. The Morgan fingerprint density at radius 1 is 0.895 bits per heavy atom. The van der Waals surface area contributed by atoms with E-state index in [0.717, 1.165) is 59.9 Å². The molecule has 4 aromatic rings. The van der Waals surface area contributed by atoms with Crippen LogP contribution >= 0.6 is 11.8 Å². The van der Waals surface area contributed by atoms with Gasteiger partial charge in [-0.25, -0.2) is 0 Å². The number of fused-ring (bicyclic) bond motifs is 1. The summed E-state index contributed by atoms with van der Waals surface area (Å²) in [5.41, 5.74) is 2.83. The summed E-state index contributed by atoms with van der Waals surface area (Å²) in [7, 11) is 0. The number of thioether (sulfide) groups is 1. The molecule has 0 bridgehead atoms. The number of nitrogens with one attached hydrogen (secondary N) is 1. The maximum atomic E-state index is 12.9. The summed E-state index contributed by atoms with van der Waals surface area (Å²) < 4.78 is 5.91. The summed E-state index contributed by atoms with van der Waals surface area (Å²) in [5.74, 6) is 0.566. The summed E-state index contributed by atoms with van der Waals surface area (Å²) in [6, 6.07) is 23.0. The Hall–Kier alpha value is -3.36. The van der Waals surface area contributed by atoms with E-state index in [0.29, 0.717) is 11.1 Å². The third kappa shape index (κ3) is 5.56. The van der Waals surface area contributed by atoms with Gasteiger partial charge in [0.2, 0.25) is 11.8 Å². The molecule has 38 heavy (non-hydrogen) atoms. The zero-order chi connectivity index (χ0) is 25.7.